The Hall–Kier alpha value is -3.34. The molecular formula is C34H39BrNO4P. The van der Waals surface area contributed by atoms with Crippen molar-refractivity contribution in [3.8, 4) is 17.2 Å². The molecule has 4 aromatic rings. The van der Waals surface area contributed by atoms with Crippen molar-refractivity contribution >= 4 is 42.6 Å². The molecule has 4 rings (SSSR count). The Bertz CT molecular complexity index is 1290. The van der Waals surface area contributed by atoms with Crippen LogP contribution in [0.3, 0.4) is 0 Å². The summed E-state index contributed by atoms with van der Waals surface area (Å²) in [4.78, 5) is 12.8. The van der Waals surface area contributed by atoms with Crippen molar-refractivity contribution in [3.63, 3.8) is 0 Å². The van der Waals surface area contributed by atoms with E-state index in [2.05, 4.69) is 112 Å². The van der Waals surface area contributed by atoms with Gasteiger partial charge in [0.15, 0.2) is 0 Å². The van der Waals surface area contributed by atoms with Gasteiger partial charge >= 0.3 is 227 Å². The molecule has 0 spiro atoms. The zero-order valence-corrected chi connectivity index (χ0v) is 26.5. The first kappa shape index (κ1) is 30.6. The fraction of sp³-hybridized carbons (Fsp3) is 0.265. The predicted octanol–water partition coefficient (Wildman–Crippen LogP) is 6.84. The average molecular weight is 637 g/mol. The van der Waals surface area contributed by atoms with E-state index in [4.69, 9.17) is 14.2 Å². The number of halogens is 1. The molecule has 4 aromatic carbocycles. The quantitative estimate of drug-likeness (QED) is 0.122. The van der Waals surface area contributed by atoms with E-state index in [1.165, 1.54) is 15.9 Å². The second-order valence-electron chi connectivity index (χ2n) is 10.00. The SMILES string of the molecule is COc1cc(C(=O)NCCCCCCP(Br)(c2ccccc2)(c2ccccc2)c2ccccc2)cc(OC)c1OC. The van der Waals surface area contributed by atoms with Crippen LogP contribution in [0, 0.1) is 0 Å². The molecule has 0 saturated carbocycles. The van der Waals surface area contributed by atoms with Crippen LogP contribution < -0.4 is 35.4 Å². The van der Waals surface area contributed by atoms with Crippen molar-refractivity contribution in [2.24, 2.45) is 0 Å². The van der Waals surface area contributed by atoms with Crippen LogP contribution in [-0.2, 0) is 0 Å². The van der Waals surface area contributed by atoms with E-state index in [0.717, 1.165) is 31.8 Å². The molecule has 216 valence electrons. The number of rotatable bonds is 14. The molecule has 5 nitrogen and oxygen atoms in total. The van der Waals surface area contributed by atoms with Gasteiger partial charge in [-0.15, -0.1) is 0 Å². The molecule has 0 heterocycles. The fourth-order valence-electron chi connectivity index (χ4n) is 5.45. The van der Waals surface area contributed by atoms with Gasteiger partial charge < -0.3 is 4.74 Å². The van der Waals surface area contributed by atoms with E-state index in [0.29, 0.717) is 29.4 Å². The Morgan fingerprint density at radius 3 is 1.51 bits per heavy atom. The molecule has 0 bridgehead atoms. The van der Waals surface area contributed by atoms with Gasteiger partial charge in [-0.1, -0.05) is 0 Å². The molecule has 0 atom stereocenters. The van der Waals surface area contributed by atoms with Crippen LogP contribution in [0.1, 0.15) is 36.0 Å². The number of benzene rings is 4. The number of nitrogens with one attached hydrogen (secondary N) is 1. The number of carbonyl (C=O) groups is 1. The van der Waals surface area contributed by atoms with Gasteiger partial charge in [-0.2, -0.15) is 0 Å². The fourth-order valence-corrected chi connectivity index (χ4v) is 13.2. The first-order valence-electron chi connectivity index (χ1n) is 13.9. The minimum atomic E-state index is -2.89. The third kappa shape index (κ3) is 6.45. The molecule has 0 saturated heterocycles. The molecule has 0 aromatic heterocycles. The Balaban J connectivity index is 1.43. The normalized spacial score (nSPS) is 12.1. The van der Waals surface area contributed by atoms with Crippen LogP contribution >= 0.6 is 20.8 Å². The number of unbranched alkanes of at least 4 members (excludes halogenated alkanes) is 3. The smallest absolute Gasteiger partial charge is 0.490 e. The van der Waals surface area contributed by atoms with Crippen LogP contribution in [0.15, 0.2) is 103 Å². The average Bonchev–Trinajstić information content (AvgIpc) is 3.04. The maximum atomic E-state index is 12.8. The topological polar surface area (TPSA) is 56.8 Å². The van der Waals surface area contributed by atoms with Gasteiger partial charge in [0, 0.05) is 0 Å². The van der Waals surface area contributed by atoms with Crippen LogP contribution in [0.25, 0.3) is 0 Å². The number of amides is 1. The summed E-state index contributed by atoms with van der Waals surface area (Å²) in [5, 5.41) is 4.18. The zero-order chi connectivity index (χ0) is 29.2. The van der Waals surface area contributed by atoms with Gasteiger partial charge in [-0.05, 0) is 0 Å². The van der Waals surface area contributed by atoms with Gasteiger partial charge in [-0.25, -0.2) is 0 Å². The Labute approximate surface area is 251 Å². The Kier molecular flexibility index (Phi) is 10.5. The molecule has 7 heteroatoms. The van der Waals surface area contributed by atoms with Crippen molar-refractivity contribution < 1.29 is 19.0 Å². The Morgan fingerprint density at radius 2 is 1.10 bits per heavy atom. The van der Waals surface area contributed by atoms with Crippen molar-refractivity contribution in [1.29, 1.82) is 0 Å². The molecule has 0 aliphatic rings. The van der Waals surface area contributed by atoms with Gasteiger partial charge in [0.05, 0.1) is 21.3 Å². The van der Waals surface area contributed by atoms with Gasteiger partial charge in [0.25, 0.3) is 0 Å². The van der Waals surface area contributed by atoms with Gasteiger partial charge in [0.2, 0.25) is 0 Å². The summed E-state index contributed by atoms with van der Waals surface area (Å²) in [6.07, 6.45) is 5.06. The van der Waals surface area contributed by atoms with Gasteiger partial charge in [0.1, 0.15) is 0 Å². The Morgan fingerprint density at radius 1 is 0.659 bits per heavy atom. The minimum Gasteiger partial charge on any atom is -0.490 e. The molecule has 0 aliphatic heterocycles. The van der Waals surface area contributed by atoms with Crippen molar-refractivity contribution in [2.45, 2.75) is 25.7 Å². The zero-order valence-electron chi connectivity index (χ0n) is 24.0. The number of hydrogen-bond donors (Lipinski definition) is 1. The van der Waals surface area contributed by atoms with E-state index in [1.807, 2.05) is 0 Å². The molecule has 41 heavy (non-hydrogen) atoms. The summed E-state index contributed by atoms with van der Waals surface area (Å²) in [7, 11) is 4.63. The number of hydrogen-bond acceptors (Lipinski definition) is 4. The molecule has 1 amide bonds. The van der Waals surface area contributed by atoms with Crippen molar-refractivity contribution in [1.82, 2.24) is 5.32 Å². The van der Waals surface area contributed by atoms with Crippen LogP contribution in [0.5, 0.6) is 17.2 Å². The molecule has 1 N–H and O–H groups in total. The second kappa shape index (κ2) is 14.0. The van der Waals surface area contributed by atoms with E-state index in [-0.39, 0.29) is 5.91 Å². The summed E-state index contributed by atoms with van der Waals surface area (Å²) in [6, 6.07) is 36.0. The van der Waals surface area contributed by atoms with Crippen molar-refractivity contribution in [2.75, 3.05) is 34.0 Å². The summed E-state index contributed by atoms with van der Waals surface area (Å²) < 4.78 is 16.1. The predicted molar refractivity (Wildman–Crippen MR) is 176 cm³/mol. The molecular weight excluding hydrogens is 597 g/mol. The van der Waals surface area contributed by atoms with E-state index >= 15 is 0 Å². The minimum absolute atomic E-state index is 0.160. The maximum absolute atomic E-state index is 12.8. The molecule has 0 fully saturated rings. The third-order valence-electron chi connectivity index (χ3n) is 7.60. The van der Waals surface area contributed by atoms with E-state index in [1.54, 1.807) is 33.5 Å². The first-order chi connectivity index (χ1) is 20.0. The standard InChI is InChI=1S/C34H39BrNO4P/c1-38-31-25-27(26-32(39-2)33(31)40-3)34(37)36-23-15-4-5-16-24-41(35,28-17-9-6-10-18-28,29-19-11-7-12-20-29)30-21-13-8-14-22-30/h6-14,17-22,25-26H,4-5,15-16,23-24H2,1-3H3,(H,36,37). The number of ether oxygens (including phenoxy) is 3. The van der Waals surface area contributed by atoms with E-state index in [9.17, 15) is 4.79 Å². The molecule has 0 unspecified atom stereocenters. The monoisotopic (exact) mass is 635 g/mol. The van der Waals surface area contributed by atoms with E-state index < -0.39 is 5.31 Å². The van der Waals surface area contributed by atoms with Gasteiger partial charge in [-0.3, -0.25) is 0 Å². The summed E-state index contributed by atoms with van der Waals surface area (Å²) in [6.45, 7) is 0.601. The summed E-state index contributed by atoms with van der Waals surface area (Å²) in [5.41, 5.74) is 0.477. The molecule has 0 aliphatic carbocycles. The summed E-state index contributed by atoms with van der Waals surface area (Å²) >= 11 is 4.52. The number of methoxy groups -OCH3 is 3. The third-order valence-corrected chi connectivity index (χ3v) is 17.6. The second-order valence-corrected chi connectivity index (χ2v) is 19.1. The van der Waals surface area contributed by atoms with Crippen LogP contribution in [-0.4, -0.2) is 39.9 Å². The number of carbonyl (C=O) groups excluding carboxylic acids is 1. The summed E-state index contributed by atoms with van der Waals surface area (Å²) in [5.74, 6) is 1.23. The van der Waals surface area contributed by atoms with Crippen LogP contribution in [0.2, 0.25) is 0 Å². The molecule has 0 radical (unpaired) electrons. The van der Waals surface area contributed by atoms with Crippen LogP contribution in [0.4, 0.5) is 0 Å². The first-order valence-corrected chi connectivity index (χ1v) is 18.4. The van der Waals surface area contributed by atoms with Crippen molar-refractivity contribution in [3.05, 3.63) is 109 Å².